The smallest absolute Gasteiger partial charge is 0.0213 e. The van der Waals surface area contributed by atoms with E-state index in [4.69, 9.17) is 5.84 Å². The van der Waals surface area contributed by atoms with Crippen LogP contribution >= 0.6 is 0 Å². The summed E-state index contributed by atoms with van der Waals surface area (Å²) in [6, 6.07) is 0.573. The summed E-state index contributed by atoms with van der Waals surface area (Å²) in [6.07, 6.45) is 9.83. The molecule has 2 aliphatic rings. The van der Waals surface area contributed by atoms with E-state index >= 15 is 0 Å². The molecule has 0 aliphatic heterocycles. The fourth-order valence-corrected chi connectivity index (χ4v) is 3.65. The Balaban J connectivity index is 1.79. The molecule has 3 N–H and O–H groups in total. The molecule has 0 heterocycles. The van der Waals surface area contributed by atoms with Crippen molar-refractivity contribution >= 4 is 0 Å². The molecule has 2 saturated carbocycles. The maximum Gasteiger partial charge on any atom is 0.0213 e. The Morgan fingerprint density at radius 1 is 1.36 bits per heavy atom. The van der Waals surface area contributed by atoms with Gasteiger partial charge in [-0.15, -0.1) is 0 Å². The summed E-state index contributed by atoms with van der Waals surface area (Å²) >= 11 is 0. The van der Waals surface area contributed by atoms with E-state index in [9.17, 15) is 0 Å². The predicted octanol–water partition coefficient (Wildman–Crippen LogP) is 2.44. The molecule has 0 amide bonds. The van der Waals surface area contributed by atoms with Crippen LogP contribution in [0, 0.1) is 17.8 Å². The highest BCUT2D eigenvalue weighted by Crippen LogP contribution is 2.49. The Labute approximate surface area is 87.6 Å². The van der Waals surface area contributed by atoms with Crippen molar-refractivity contribution in [1.29, 1.82) is 0 Å². The minimum absolute atomic E-state index is 0.573. The summed E-state index contributed by atoms with van der Waals surface area (Å²) in [4.78, 5) is 0. The van der Waals surface area contributed by atoms with Gasteiger partial charge in [0.2, 0.25) is 0 Å². The fourth-order valence-electron chi connectivity index (χ4n) is 3.65. The summed E-state index contributed by atoms with van der Waals surface area (Å²) in [5.74, 6) is 8.70. The van der Waals surface area contributed by atoms with E-state index in [1.165, 1.54) is 44.9 Å². The lowest BCUT2D eigenvalue weighted by molar-refractivity contribution is 0.272. The van der Waals surface area contributed by atoms with Crippen molar-refractivity contribution in [2.75, 3.05) is 0 Å². The van der Waals surface area contributed by atoms with Gasteiger partial charge in [-0.1, -0.05) is 19.8 Å². The molecule has 0 aromatic rings. The lowest BCUT2D eigenvalue weighted by Crippen LogP contribution is -2.37. The van der Waals surface area contributed by atoms with Crippen LogP contribution in [0.2, 0.25) is 0 Å². The molecule has 0 aromatic carbocycles. The predicted molar refractivity (Wildman–Crippen MR) is 59.6 cm³/mol. The van der Waals surface area contributed by atoms with Crippen LogP contribution < -0.4 is 11.3 Å². The third-order valence-corrected chi connectivity index (χ3v) is 4.34. The van der Waals surface area contributed by atoms with Gasteiger partial charge in [0.05, 0.1) is 0 Å². The van der Waals surface area contributed by atoms with E-state index < -0.39 is 0 Å². The molecule has 0 radical (unpaired) electrons. The fraction of sp³-hybridized carbons (Fsp3) is 1.00. The second kappa shape index (κ2) is 4.63. The first kappa shape index (κ1) is 10.4. The third-order valence-electron chi connectivity index (χ3n) is 4.34. The van der Waals surface area contributed by atoms with Crippen LogP contribution in [0.4, 0.5) is 0 Å². The maximum absolute atomic E-state index is 5.59. The highest BCUT2D eigenvalue weighted by Gasteiger charge is 2.39. The molecule has 2 heteroatoms. The molecule has 2 rings (SSSR count). The van der Waals surface area contributed by atoms with E-state index in [2.05, 4.69) is 12.3 Å². The summed E-state index contributed by atoms with van der Waals surface area (Å²) in [5, 5.41) is 0. The molecule has 82 valence electrons. The van der Waals surface area contributed by atoms with E-state index in [1.807, 2.05) is 0 Å². The number of nitrogens with two attached hydrogens (primary N) is 1. The first-order chi connectivity index (χ1) is 6.83. The van der Waals surface area contributed by atoms with Crippen LogP contribution in [-0.2, 0) is 0 Å². The average molecular weight is 196 g/mol. The van der Waals surface area contributed by atoms with Crippen molar-refractivity contribution in [2.24, 2.45) is 23.6 Å². The molecule has 2 nitrogen and oxygen atoms in total. The van der Waals surface area contributed by atoms with Gasteiger partial charge in [-0.05, 0) is 49.9 Å². The van der Waals surface area contributed by atoms with Crippen LogP contribution in [0.15, 0.2) is 0 Å². The lowest BCUT2D eigenvalue weighted by Gasteiger charge is -2.26. The van der Waals surface area contributed by atoms with Gasteiger partial charge in [0, 0.05) is 6.04 Å². The quantitative estimate of drug-likeness (QED) is 0.523. The van der Waals surface area contributed by atoms with Gasteiger partial charge in [0.1, 0.15) is 0 Å². The molecule has 4 unspecified atom stereocenters. The third kappa shape index (κ3) is 2.12. The first-order valence-corrected chi connectivity index (χ1v) is 6.29. The maximum atomic E-state index is 5.59. The summed E-state index contributed by atoms with van der Waals surface area (Å²) < 4.78 is 0. The Morgan fingerprint density at radius 3 is 2.71 bits per heavy atom. The Morgan fingerprint density at radius 2 is 2.21 bits per heavy atom. The van der Waals surface area contributed by atoms with E-state index in [0.29, 0.717) is 6.04 Å². The monoisotopic (exact) mass is 196 g/mol. The second-order valence-corrected chi connectivity index (χ2v) is 5.32. The van der Waals surface area contributed by atoms with Gasteiger partial charge >= 0.3 is 0 Å². The Bertz CT molecular complexity index is 181. The van der Waals surface area contributed by atoms with Gasteiger partial charge in [-0.3, -0.25) is 11.3 Å². The van der Waals surface area contributed by atoms with Crippen molar-refractivity contribution in [3.8, 4) is 0 Å². The first-order valence-electron chi connectivity index (χ1n) is 6.29. The SMILES string of the molecule is CCCC(CC1CC2CCC1C2)NN. The molecular weight excluding hydrogens is 172 g/mol. The van der Waals surface area contributed by atoms with Crippen LogP contribution in [0.5, 0.6) is 0 Å². The lowest BCUT2D eigenvalue weighted by atomic mass is 9.83. The van der Waals surface area contributed by atoms with Crippen molar-refractivity contribution < 1.29 is 0 Å². The van der Waals surface area contributed by atoms with Gasteiger partial charge in [0.15, 0.2) is 0 Å². The second-order valence-electron chi connectivity index (χ2n) is 5.32. The summed E-state index contributed by atoms with van der Waals surface area (Å²) in [6.45, 7) is 2.24. The molecule has 14 heavy (non-hydrogen) atoms. The van der Waals surface area contributed by atoms with Crippen molar-refractivity contribution in [1.82, 2.24) is 5.43 Å². The number of nitrogens with one attached hydrogen (secondary N) is 1. The number of hydrogen-bond donors (Lipinski definition) is 2. The van der Waals surface area contributed by atoms with Crippen molar-refractivity contribution in [2.45, 2.75) is 57.9 Å². The highest BCUT2D eigenvalue weighted by molar-refractivity contribution is 4.91. The van der Waals surface area contributed by atoms with E-state index in [0.717, 1.165) is 17.8 Å². The van der Waals surface area contributed by atoms with Crippen LogP contribution in [0.3, 0.4) is 0 Å². The molecule has 4 atom stereocenters. The number of hydrazine groups is 1. The van der Waals surface area contributed by atoms with Crippen molar-refractivity contribution in [3.63, 3.8) is 0 Å². The molecule has 2 bridgehead atoms. The summed E-state index contributed by atoms with van der Waals surface area (Å²) in [5.41, 5.74) is 2.99. The molecule has 2 fully saturated rings. The Kier molecular flexibility index (Phi) is 3.45. The molecule has 0 spiro atoms. The van der Waals surface area contributed by atoms with Crippen LogP contribution in [0.1, 0.15) is 51.9 Å². The normalized spacial score (nSPS) is 37.7. The van der Waals surface area contributed by atoms with Gasteiger partial charge in [0.25, 0.3) is 0 Å². The van der Waals surface area contributed by atoms with Gasteiger partial charge in [-0.2, -0.15) is 0 Å². The minimum atomic E-state index is 0.573. The standard InChI is InChI=1S/C12H24N2/c1-2-3-12(14-13)8-11-7-9-4-5-10(11)6-9/h9-12,14H,2-8,13H2,1H3. The molecule has 0 aromatic heterocycles. The molecule has 2 aliphatic carbocycles. The Hall–Kier alpha value is -0.0800. The van der Waals surface area contributed by atoms with Crippen LogP contribution in [0.25, 0.3) is 0 Å². The summed E-state index contributed by atoms with van der Waals surface area (Å²) in [7, 11) is 0. The number of rotatable bonds is 5. The zero-order valence-corrected chi connectivity index (χ0v) is 9.34. The zero-order chi connectivity index (χ0) is 9.97. The highest BCUT2D eigenvalue weighted by atomic mass is 15.2. The molecule has 0 saturated heterocycles. The van der Waals surface area contributed by atoms with E-state index in [-0.39, 0.29) is 0 Å². The van der Waals surface area contributed by atoms with Crippen LogP contribution in [-0.4, -0.2) is 6.04 Å². The van der Waals surface area contributed by atoms with Gasteiger partial charge < -0.3 is 0 Å². The topological polar surface area (TPSA) is 38.0 Å². The van der Waals surface area contributed by atoms with Gasteiger partial charge in [-0.25, -0.2) is 0 Å². The number of fused-ring (bicyclic) bond motifs is 2. The number of hydrogen-bond acceptors (Lipinski definition) is 2. The molecular formula is C12H24N2. The average Bonchev–Trinajstić information content (AvgIpc) is 2.78. The van der Waals surface area contributed by atoms with E-state index in [1.54, 1.807) is 0 Å². The zero-order valence-electron chi connectivity index (χ0n) is 9.34. The largest absolute Gasteiger partial charge is 0.271 e. The van der Waals surface area contributed by atoms with Crippen molar-refractivity contribution in [3.05, 3.63) is 0 Å². The minimum Gasteiger partial charge on any atom is -0.271 e.